The van der Waals surface area contributed by atoms with Crippen LogP contribution in [0.25, 0.3) is 0 Å². The highest BCUT2D eigenvalue weighted by molar-refractivity contribution is 7.93. The minimum absolute atomic E-state index is 0.389. The zero-order valence-corrected chi connectivity index (χ0v) is 15.2. The van der Waals surface area contributed by atoms with Gasteiger partial charge < -0.3 is 0 Å². The standard InChI is InChI=1S/C19H32O2S/c1-4-12-9-13(5-2)18-15-10-14(17(12)18)11-16(15)19(3)7-6-8-22(19,20)21/h12-18H,4-11H2,1-3H3. The van der Waals surface area contributed by atoms with Crippen molar-refractivity contribution >= 4 is 9.84 Å². The Morgan fingerprint density at radius 2 is 1.68 bits per heavy atom. The van der Waals surface area contributed by atoms with Crippen LogP contribution in [0.3, 0.4) is 0 Å². The van der Waals surface area contributed by atoms with Gasteiger partial charge in [0, 0.05) is 0 Å². The average molecular weight is 325 g/mol. The van der Waals surface area contributed by atoms with Gasteiger partial charge in [-0.25, -0.2) is 8.42 Å². The van der Waals surface area contributed by atoms with Crippen molar-refractivity contribution in [3.8, 4) is 0 Å². The predicted octanol–water partition coefficient (Wildman–Crippen LogP) is 4.30. The fourth-order valence-corrected chi connectivity index (χ4v) is 9.69. The molecule has 1 aliphatic heterocycles. The highest BCUT2D eigenvalue weighted by Crippen LogP contribution is 2.68. The Morgan fingerprint density at radius 1 is 1.00 bits per heavy atom. The predicted molar refractivity (Wildman–Crippen MR) is 90.3 cm³/mol. The first-order chi connectivity index (χ1) is 10.4. The number of sulfone groups is 1. The third-order valence-corrected chi connectivity index (χ3v) is 11.2. The first kappa shape index (κ1) is 15.5. The van der Waals surface area contributed by atoms with Gasteiger partial charge >= 0.3 is 0 Å². The van der Waals surface area contributed by atoms with Crippen molar-refractivity contribution in [1.82, 2.24) is 0 Å². The lowest BCUT2D eigenvalue weighted by Crippen LogP contribution is -2.45. The van der Waals surface area contributed by atoms with Gasteiger partial charge in [-0.05, 0) is 80.5 Å². The highest BCUT2D eigenvalue weighted by atomic mass is 32.2. The quantitative estimate of drug-likeness (QED) is 0.775. The smallest absolute Gasteiger partial charge is 0.156 e. The lowest BCUT2D eigenvalue weighted by Gasteiger charge is -2.42. The van der Waals surface area contributed by atoms with E-state index in [0.717, 1.165) is 48.3 Å². The van der Waals surface area contributed by atoms with Gasteiger partial charge in [0.2, 0.25) is 0 Å². The molecule has 4 fully saturated rings. The summed E-state index contributed by atoms with van der Waals surface area (Å²) < 4.78 is 25.0. The van der Waals surface area contributed by atoms with Crippen LogP contribution in [-0.4, -0.2) is 18.9 Å². The Kier molecular flexibility index (Phi) is 3.50. The van der Waals surface area contributed by atoms with Crippen LogP contribution in [0.2, 0.25) is 0 Å². The number of hydrogen-bond acceptors (Lipinski definition) is 2. The van der Waals surface area contributed by atoms with E-state index >= 15 is 0 Å². The summed E-state index contributed by atoms with van der Waals surface area (Å²) in [5, 5.41) is 0. The Balaban J connectivity index is 1.66. The summed E-state index contributed by atoms with van der Waals surface area (Å²) in [4.78, 5) is 0. The second-order valence-corrected chi connectivity index (χ2v) is 11.5. The molecule has 126 valence electrons. The lowest BCUT2D eigenvalue weighted by atomic mass is 9.66. The van der Waals surface area contributed by atoms with Crippen LogP contribution in [-0.2, 0) is 9.84 Å². The van der Waals surface area contributed by atoms with Crippen LogP contribution in [0.4, 0.5) is 0 Å². The summed E-state index contributed by atoms with van der Waals surface area (Å²) in [5.74, 6) is 6.06. The second-order valence-electron chi connectivity index (χ2n) is 8.96. The number of hydrogen-bond donors (Lipinski definition) is 0. The van der Waals surface area contributed by atoms with Crippen molar-refractivity contribution in [2.24, 2.45) is 41.4 Å². The Labute approximate surface area is 136 Å². The Morgan fingerprint density at radius 3 is 2.27 bits per heavy atom. The fourth-order valence-electron chi connectivity index (χ4n) is 7.51. The van der Waals surface area contributed by atoms with E-state index in [1.165, 1.54) is 32.1 Å². The molecule has 1 heterocycles. The first-order valence-corrected chi connectivity index (χ1v) is 11.3. The monoisotopic (exact) mass is 324 g/mol. The van der Waals surface area contributed by atoms with E-state index in [4.69, 9.17) is 0 Å². The van der Waals surface area contributed by atoms with Crippen molar-refractivity contribution < 1.29 is 8.42 Å². The maximum absolute atomic E-state index is 12.7. The van der Waals surface area contributed by atoms with Crippen molar-refractivity contribution in [2.75, 3.05) is 5.75 Å². The van der Waals surface area contributed by atoms with Gasteiger partial charge in [0.05, 0.1) is 10.5 Å². The molecule has 0 spiro atoms. The molecule has 0 aromatic carbocycles. The zero-order valence-electron chi connectivity index (χ0n) is 14.4. The van der Waals surface area contributed by atoms with E-state index in [9.17, 15) is 8.42 Å². The van der Waals surface area contributed by atoms with E-state index in [0.29, 0.717) is 11.7 Å². The highest BCUT2D eigenvalue weighted by Gasteiger charge is 2.65. The molecular formula is C19H32O2S. The van der Waals surface area contributed by atoms with Crippen molar-refractivity contribution in [2.45, 2.75) is 70.5 Å². The van der Waals surface area contributed by atoms with Crippen molar-refractivity contribution in [3.63, 3.8) is 0 Å². The lowest BCUT2D eigenvalue weighted by molar-refractivity contribution is 0.110. The average Bonchev–Trinajstić information content (AvgIpc) is 3.19. The van der Waals surface area contributed by atoms with Gasteiger partial charge in [-0.3, -0.25) is 0 Å². The molecule has 4 aliphatic rings. The summed E-state index contributed by atoms with van der Waals surface area (Å²) in [6, 6.07) is 0. The summed E-state index contributed by atoms with van der Waals surface area (Å²) >= 11 is 0. The van der Waals surface area contributed by atoms with Gasteiger partial charge in [-0.15, -0.1) is 0 Å². The van der Waals surface area contributed by atoms with E-state index in [1.807, 2.05) is 0 Å². The molecule has 4 rings (SSSR count). The van der Waals surface area contributed by atoms with E-state index in [1.54, 1.807) is 0 Å². The molecule has 3 saturated carbocycles. The van der Waals surface area contributed by atoms with Gasteiger partial charge in [0.1, 0.15) is 0 Å². The van der Waals surface area contributed by atoms with Crippen molar-refractivity contribution in [1.29, 1.82) is 0 Å². The molecule has 3 heteroatoms. The van der Waals surface area contributed by atoms with E-state index < -0.39 is 9.84 Å². The van der Waals surface area contributed by atoms with Crippen LogP contribution in [0.1, 0.15) is 65.7 Å². The van der Waals surface area contributed by atoms with Gasteiger partial charge in [0.25, 0.3) is 0 Å². The van der Waals surface area contributed by atoms with Crippen LogP contribution in [0.15, 0.2) is 0 Å². The molecule has 8 atom stereocenters. The third kappa shape index (κ3) is 1.81. The molecule has 3 aliphatic carbocycles. The maximum atomic E-state index is 12.7. The Bertz CT molecular complexity index is 554. The molecule has 0 N–H and O–H groups in total. The number of fused-ring (bicyclic) bond motifs is 5. The summed E-state index contributed by atoms with van der Waals surface area (Å²) in [5.41, 5.74) is 0. The minimum Gasteiger partial charge on any atom is -0.228 e. The van der Waals surface area contributed by atoms with Crippen LogP contribution < -0.4 is 0 Å². The Hall–Kier alpha value is -0.0500. The molecule has 0 aromatic heterocycles. The van der Waals surface area contributed by atoms with Crippen LogP contribution >= 0.6 is 0 Å². The molecule has 2 bridgehead atoms. The third-order valence-electron chi connectivity index (χ3n) is 8.46. The SMILES string of the molecule is CCC1CC(CC)C2C3CC(CC3C3(C)CCCS3(=O)=O)C12. The zero-order chi connectivity index (χ0) is 15.7. The van der Waals surface area contributed by atoms with E-state index in [2.05, 4.69) is 20.8 Å². The minimum atomic E-state index is -2.86. The van der Waals surface area contributed by atoms with Gasteiger partial charge in [-0.1, -0.05) is 26.7 Å². The molecule has 1 saturated heterocycles. The van der Waals surface area contributed by atoms with E-state index in [-0.39, 0.29) is 4.75 Å². The summed E-state index contributed by atoms with van der Waals surface area (Å²) in [6.07, 6.45) is 8.44. The normalized spacial score (nSPS) is 55.7. The summed E-state index contributed by atoms with van der Waals surface area (Å²) in [7, 11) is -2.86. The molecule has 8 unspecified atom stereocenters. The topological polar surface area (TPSA) is 34.1 Å². The van der Waals surface area contributed by atoms with Crippen LogP contribution in [0, 0.1) is 41.4 Å². The fraction of sp³-hybridized carbons (Fsp3) is 1.00. The molecule has 0 amide bonds. The second kappa shape index (κ2) is 4.97. The van der Waals surface area contributed by atoms with Crippen LogP contribution in [0.5, 0.6) is 0 Å². The van der Waals surface area contributed by atoms with Gasteiger partial charge in [-0.2, -0.15) is 0 Å². The molecular weight excluding hydrogens is 292 g/mol. The summed E-state index contributed by atoms with van der Waals surface area (Å²) in [6.45, 7) is 6.82. The molecule has 22 heavy (non-hydrogen) atoms. The number of rotatable bonds is 3. The largest absolute Gasteiger partial charge is 0.228 e. The van der Waals surface area contributed by atoms with Crippen molar-refractivity contribution in [3.05, 3.63) is 0 Å². The maximum Gasteiger partial charge on any atom is 0.156 e. The molecule has 0 radical (unpaired) electrons. The molecule has 2 nitrogen and oxygen atoms in total. The van der Waals surface area contributed by atoms with Gasteiger partial charge in [0.15, 0.2) is 9.84 Å². The first-order valence-electron chi connectivity index (χ1n) is 9.65. The molecule has 0 aromatic rings.